The molecule has 166 valence electrons. The van der Waals surface area contributed by atoms with Gasteiger partial charge in [0.1, 0.15) is 18.2 Å². The van der Waals surface area contributed by atoms with Crippen molar-refractivity contribution in [2.75, 3.05) is 31.1 Å². The second-order valence-corrected chi connectivity index (χ2v) is 7.79. The largest absolute Gasteiger partial charge is 0.507 e. The van der Waals surface area contributed by atoms with Crippen LogP contribution in [0.1, 0.15) is 5.56 Å². The van der Waals surface area contributed by atoms with Crippen molar-refractivity contribution in [1.29, 1.82) is 0 Å². The third-order valence-electron chi connectivity index (χ3n) is 5.68. The number of benzene rings is 2. The standard InChI is InChI=1S/C25H23N5O3/c31-22-8-4-2-6-20(22)23-27-21-7-3-1-5-19(21)24(28-23)29-13-15-30(16-14-29)25(32)33-17-18-9-11-26-12-10-18/h1-12,31H,13-17H2. The number of pyridine rings is 1. The zero-order chi connectivity index (χ0) is 22.6. The quantitative estimate of drug-likeness (QED) is 0.514. The number of amides is 1. The van der Waals surface area contributed by atoms with Crippen LogP contribution in [0.2, 0.25) is 0 Å². The number of para-hydroxylation sites is 2. The van der Waals surface area contributed by atoms with Crippen LogP contribution in [0.5, 0.6) is 5.75 Å². The van der Waals surface area contributed by atoms with Crippen molar-refractivity contribution >= 4 is 22.8 Å². The molecule has 8 nitrogen and oxygen atoms in total. The Morgan fingerprint density at radius 1 is 0.909 bits per heavy atom. The molecule has 0 radical (unpaired) electrons. The monoisotopic (exact) mass is 441 g/mol. The molecule has 33 heavy (non-hydrogen) atoms. The van der Waals surface area contributed by atoms with Crippen molar-refractivity contribution in [3.05, 3.63) is 78.6 Å². The molecular weight excluding hydrogens is 418 g/mol. The van der Waals surface area contributed by atoms with Crippen molar-refractivity contribution in [3.8, 4) is 17.1 Å². The van der Waals surface area contributed by atoms with E-state index in [1.165, 1.54) is 0 Å². The van der Waals surface area contributed by atoms with Gasteiger partial charge in [-0.2, -0.15) is 0 Å². The number of ether oxygens (including phenoxy) is 1. The summed E-state index contributed by atoms with van der Waals surface area (Å²) in [5.41, 5.74) is 2.30. The molecule has 2 aromatic carbocycles. The number of rotatable bonds is 4. The van der Waals surface area contributed by atoms with Gasteiger partial charge in [0.05, 0.1) is 11.1 Å². The molecule has 0 aliphatic carbocycles. The molecule has 5 rings (SSSR count). The molecule has 0 unspecified atom stereocenters. The van der Waals surface area contributed by atoms with Gasteiger partial charge in [-0.3, -0.25) is 4.98 Å². The number of carbonyl (C=O) groups is 1. The average molecular weight is 441 g/mol. The summed E-state index contributed by atoms with van der Waals surface area (Å²) in [6, 6.07) is 18.5. The summed E-state index contributed by atoms with van der Waals surface area (Å²) >= 11 is 0. The van der Waals surface area contributed by atoms with Crippen LogP contribution in [-0.4, -0.2) is 57.2 Å². The van der Waals surface area contributed by atoms with Gasteiger partial charge in [-0.25, -0.2) is 14.8 Å². The smallest absolute Gasteiger partial charge is 0.410 e. The van der Waals surface area contributed by atoms with Crippen LogP contribution in [0.3, 0.4) is 0 Å². The second kappa shape index (κ2) is 9.12. The fourth-order valence-electron chi connectivity index (χ4n) is 3.90. The van der Waals surface area contributed by atoms with Gasteiger partial charge in [0.2, 0.25) is 0 Å². The molecule has 1 amide bonds. The Hall–Kier alpha value is -4.20. The highest BCUT2D eigenvalue weighted by Gasteiger charge is 2.25. The number of nitrogens with zero attached hydrogens (tertiary/aromatic N) is 5. The number of fused-ring (bicyclic) bond motifs is 1. The summed E-state index contributed by atoms with van der Waals surface area (Å²) in [4.78, 5) is 29.8. The van der Waals surface area contributed by atoms with Crippen LogP contribution in [0.15, 0.2) is 73.1 Å². The number of phenols is 1. The molecule has 1 N–H and O–H groups in total. The van der Waals surface area contributed by atoms with Crippen LogP contribution in [0.25, 0.3) is 22.3 Å². The number of carbonyl (C=O) groups excluding carboxylic acids is 1. The summed E-state index contributed by atoms with van der Waals surface area (Å²) in [5.74, 6) is 1.41. The fraction of sp³-hybridized carbons (Fsp3) is 0.200. The maximum Gasteiger partial charge on any atom is 0.410 e. The number of aromatic hydroxyl groups is 1. The summed E-state index contributed by atoms with van der Waals surface area (Å²) in [7, 11) is 0. The predicted molar refractivity (Wildman–Crippen MR) is 125 cm³/mol. The maximum absolute atomic E-state index is 12.5. The van der Waals surface area contributed by atoms with Gasteiger partial charge in [-0.15, -0.1) is 0 Å². The van der Waals surface area contributed by atoms with Crippen molar-refractivity contribution in [3.63, 3.8) is 0 Å². The van der Waals surface area contributed by atoms with E-state index in [-0.39, 0.29) is 18.4 Å². The Morgan fingerprint density at radius 2 is 1.64 bits per heavy atom. The topological polar surface area (TPSA) is 91.7 Å². The minimum Gasteiger partial charge on any atom is -0.507 e. The number of piperazine rings is 1. The van der Waals surface area contributed by atoms with Gasteiger partial charge < -0.3 is 19.6 Å². The first kappa shape index (κ1) is 20.7. The number of hydrogen-bond acceptors (Lipinski definition) is 7. The third kappa shape index (κ3) is 4.41. The SMILES string of the molecule is O=C(OCc1ccncc1)N1CCN(c2nc(-c3ccccc3O)nc3ccccc23)CC1. The van der Waals surface area contributed by atoms with E-state index >= 15 is 0 Å². The molecule has 0 spiro atoms. The van der Waals surface area contributed by atoms with Gasteiger partial charge in [-0.1, -0.05) is 24.3 Å². The molecular formula is C25H23N5O3. The highest BCUT2D eigenvalue weighted by Crippen LogP contribution is 2.31. The van der Waals surface area contributed by atoms with E-state index in [0.717, 1.165) is 22.3 Å². The summed E-state index contributed by atoms with van der Waals surface area (Å²) in [5, 5.41) is 11.2. The molecule has 8 heteroatoms. The van der Waals surface area contributed by atoms with E-state index in [1.807, 2.05) is 42.5 Å². The molecule has 4 aromatic rings. The molecule has 1 aliphatic rings. The van der Waals surface area contributed by atoms with Crippen molar-refractivity contribution in [1.82, 2.24) is 19.9 Å². The summed E-state index contributed by atoms with van der Waals surface area (Å²) < 4.78 is 5.46. The van der Waals surface area contributed by atoms with Gasteiger partial charge in [-0.05, 0) is 42.0 Å². The zero-order valence-electron chi connectivity index (χ0n) is 18.0. The zero-order valence-corrected chi connectivity index (χ0v) is 18.0. The summed E-state index contributed by atoms with van der Waals surface area (Å²) in [6.07, 6.45) is 3.03. The number of anilines is 1. The van der Waals surface area contributed by atoms with Gasteiger partial charge in [0.25, 0.3) is 0 Å². The maximum atomic E-state index is 12.5. The molecule has 0 bridgehead atoms. The van der Waals surface area contributed by atoms with E-state index in [4.69, 9.17) is 9.72 Å². The third-order valence-corrected chi connectivity index (χ3v) is 5.68. The van der Waals surface area contributed by atoms with E-state index in [9.17, 15) is 9.90 Å². The van der Waals surface area contributed by atoms with Crippen LogP contribution < -0.4 is 4.90 Å². The van der Waals surface area contributed by atoms with Crippen LogP contribution in [0, 0.1) is 0 Å². The lowest BCUT2D eigenvalue weighted by molar-refractivity contribution is 0.0941. The minimum atomic E-state index is -0.325. The molecule has 0 saturated carbocycles. The second-order valence-electron chi connectivity index (χ2n) is 7.79. The highest BCUT2D eigenvalue weighted by molar-refractivity contribution is 5.91. The lowest BCUT2D eigenvalue weighted by Crippen LogP contribution is -2.49. The normalized spacial score (nSPS) is 13.8. The fourth-order valence-corrected chi connectivity index (χ4v) is 3.90. The first-order valence-electron chi connectivity index (χ1n) is 10.8. The summed E-state index contributed by atoms with van der Waals surface area (Å²) in [6.45, 7) is 2.51. The molecule has 2 aromatic heterocycles. The molecule has 3 heterocycles. The predicted octanol–water partition coefficient (Wildman–Crippen LogP) is 3.86. The first-order valence-corrected chi connectivity index (χ1v) is 10.8. The number of aromatic nitrogens is 3. The Labute approximate surface area is 191 Å². The lowest BCUT2D eigenvalue weighted by atomic mass is 10.1. The molecule has 1 fully saturated rings. The van der Waals surface area contributed by atoms with Crippen LogP contribution >= 0.6 is 0 Å². The Kier molecular flexibility index (Phi) is 5.72. The van der Waals surface area contributed by atoms with E-state index in [2.05, 4.69) is 14.9 Å². The van der Waals surface area contributed by atoms with Crippen LogP contribution in [0.4, 0.5) is 10.6 Å². The average Bonchev–Trinajstić information content (AvgIpc) is 2.87. The Balaban J connectivity index is 1.34. The first-order chi connectivity index (χ1) is 16.2. The minimum absolute atomic E-state index is 0.139. The van der Waals surface area contributed by atoms with Gasteiger partial charge >= 0.3 is 6.09 Å². The highest BCUT2D eigenvalue weighted by atomic mass is 16.6. The van der Waals surface area contributed by atoms with E-state index < -0.39 is 0 Å². The lowest BCUT2D eigenvalue weighted by Gasteiger charge is -2.35. The number of phenolic OH excluding ortho intramolecular Hbond substituents is 1. The van der Waals surface area contributed by atoms with Crippen molar-refractivity contribution in [2.24, 2.45) is 0 Å². The van der Waals surface area contributed by atoms with Crippen molar-refractivity contribution < 1.29 is 14.6 Å². The van der Waals surface area contributed by atoms with E-state index in [0.29, 0.717) is 37.6 Å². The molecule has 1 aliphatic heterocycles. The Morgan fingerprint density at radius 3 is 2.42 bits per heavy atom. The molecule has 1 saturated heterocycles. The Bertz CT molecular complexity index is 1270. The molecule has 0 atom stereocenters. The number of hydrogen-bond donors (Lipinski definition) is 1. The van der Waals surface area contributed by atoms with Crippen LogP contribution in [-0.2, 0) is 11.3 Å². The van der Waals surface area contributed by atoms with Gasteiger partial charge in [0.15, 0.2) is 5.82 Å². The van der Waals surface area contributed by atoms with Crippen molar-refractivity contribution in [2.45, 2.75) is 6.61 Å². The van der Waals surface area contributed by atoms with E-state index in [1.54, 1.807) is 35.5 Å². The van der Waals surface area contributed by atoms with Gasteiger partial charge in [0, 0.05) is 44.0 Å².